The van der Waals surface area contributed by atoms with Gasteiger partial charge in [0.15, 0.2) is 0 Å². The molecule has 0 saturated heterocycles. The molecular formula is C16H13FO3. The summed E-state index contributed by atoms with van der Waals surface area (Å²) in [6, 6.07) is 11.5. The number of carbonyl (C=O) groups is 1. The van der Waals surface area contributed by atoms with E-state index in [1.807, 2.05) is 0 Å². The molecule has 0 unspecified atom stereocenters. The van der Waals surface area contributed by atoms with Crippen molar-refractivity contribution < 1.29 is 19.0 Å². The van der Waals surface area contributed by atoms with Crippen molar-refractivity contribution in [1.82, 2.24) is 0 Å². The molecule has 0 amide bonds. The van der Waals surface area contributed by atoms with Crippen molar-refractivity contribution in [2.75, 3.05) is 0 Å². The number of hydrogen-bond donors (Lipinski definition) is 1. The van der Waals surface area contributed by atoms with Crippen LogP contribution in [0.1, 0.15) is 11.1 Å². The normalized spacial score (nSPS) is 10.7. The number of halogens is 1. The van der Waals surface area contributed by atoms with Gasteiger partial charge in [-0.15, -0.1) is 0 Å². The molecule has 102 valence electrons. The van der Waals surface area contributed by atoms with Crippen LogP contribution in [-0.4, -0.2) is 11.1 Å². The van der Waals surface area contributed by atoms with E-state index in [1.165, 1.54) is 12.1 Å². The molecule has 2 rings (SSSR count). The van der Waals surface area contributed by atoms with Crippen molar-refractivity contribution in [3.05, 3.63) is 65.5 Å². The summed E-state index contributed by atoms with van der Waals surface area (Å²) in [4.78, 5) is 10.5. The van der Waals surface area contributed by atoms with Crippen LogP contribution in [0, 0.1) is 12.7 Å². The lowest BCUT2D eigenvalue weighted by Gasteiger charge is -2.07. The fraction of sp³-hybridized carbons (Fsp3) is 0.0625. The van der Waals surface area contributed by atoms with Gasteiger partial charge in [0, 0.05) is 12.1 Å². The Morgan fingerprint density at radius 1 is 1.20 bits per heavy atom. The van der Waals surface area contributed by atoms with Gasteiger partial charge in [-0.05, 0) is 42.3 Å². The lowest BCUT2D eigenvalue weighted by atomic mass is 10.2. The summed E-state index contributed by atoms with van der Waals surface area (Å²) in [5.74, 6) is -0.436. The molecule has 0 heterocycles. The SMILES string of the molecule is Cc1ccc(Oc2cccc(/C=C/C(=O)O)c2)cc1F. The molecule has 0 aromatic heterocycles. The minimum Gasteiger partial charge on any atom is -0.478 e. The van der Waals surface area contributed by atoms with Gasteiger partial charge in [0.25, 0.3) is 0 Å². The van der Waals surface area contributed by atoms with Gasteiger partial charge >= 0.3 is 5.97 Å². The Balaban J connectivity index is 2.19. The Labute approximate surface area is 115 Å². The van der Waals surface area contributed by atoms with Crippen LogP contribution in [0.3, 0.4) is 0 Å². The summed E-state index contributed by atoms with van der Waals surface area (Å²) >= 11 is 0. The van der Waals surface area contributed by atoms with Crippen LogP contribution in [0.25, 0.3) is 6.08 Å². The fourth-order valence-corrected chi connectivity index (χ4v) is 1.62. The number of hydrogen-bond acceptors (Lipinski definition) is 2. The zero-order chi connectivity index (χ0) is 14.5. The third-order valence-corrected chi connectivity index (χ3v) is 2.66. The molecule has 20 heavy (non-hydrogen) atoms. The number of carboxylic acid groups (broad SMARTS) is 1. The molecule has 2 aromatic rings. The number of rotatable bonds is 4. The molecule has 0 radical (unpaired) electrons. The van der Waals surface area contributed by atoms with Crippen LogP contribution in [0.2, 0.25) is 0 Å². The third-order valence-electron chi connectivity index (χ3n) is 2.66. The lowest BCUT2D eigenvalue weighted by molar-refractivity contribution is -0.131. The van der Waals surface area contributed by atoms with Crippen LogP contribution in [0.4, 0.5) is 4.39 Å². The van der Waals surface area contributed by atoms with Gasteiger partial charge in [-0.2, -0.15) is 0 Å². The standard InChI is InChI=1S/C16H13FO3/c1-11-5-7-14(10-15(11)17)20-13-4-2-3-12(9-13)6-8-16(18)19/h2-10H,1H3,(H,18,19)/b8-6+. The van der Waals surface area contributed by atoms with E-state index in [-0.39, 0.29) is 5.82 Å². The highest BCUT2D eigenvalue weighted by Gasteiger charge is 2.02. The van der Waals surface area contributed by atoms with Crippen molar-refractivity contribution in [2.45, 2.75) is 6.92 Å². The van der Waals surface area contributed by atoms with Gasteiger partial charge in [-0.1, -0.05) is 18.2 Å². The highest BCUT2D eigenvalue weighted by atomic mass is 19.1. The predicted octanol–water partition coefficient (Wildman–Crippen LogP) is 4.02. The van der Waals surface area contributed by atoms with Crippen molar-refractivity contribution in [3.8, 4) is 11.5 Å². The monoisotopic (exact) mass is 272 g/mol. The first-order valence-electron chi connectivity index (χ1n) is 6.00. The molecule has 4 heteroatoms. The first kappa shape index (κ1) is 13.8. The molecule has 2 aromatic carbocycles. The fourth-order valence-electron chi connectivity index (χ4n) is 1.62. The van der Waals surface area contributed by atoms with Crippen molar-refractivity contribution >= 4 is 12.0 Å². The molecule has 0 saturated carbocycles. The second-order valence-electron chi connectivity index (χ2n) is 4.26. The highest BCUT2D eigenvalue weighted by Crippen LogP contribution is 2.24. The predicted molar refractivity (Wildman–Crippen MR) is 74.3 cm³/mol. The average Bonchev–Trinajstić information content (AvgIpc) is 2.41. The van der Waals surface area contributed by atoms with Gasteiger partial charge in [0.2, 0.25) is 0 Å². The smallest absolute Gasteiger partial charge is 0.328 e. The topological polar surface area (TPSA) is 46.5 Å². The van der Waals surface area contributed by atoms with Crippen LogP contribution in [0.15, 0.2) is 48.5 Å². The van der Waals surface area contributed by atoms with E-state index in [0.29, 0.717) is 22.6 Å². The minimum atomic E-state index is -1.02. The molecule has 0 aliphatic carbocycles. The second kappa shape index (κ2) is 6.02. The Kier molecular flexibility index (Phi) is 4.15. The third kappa shape index (κ3) is 3.68. The van der Waals surface area contributed by atoms with Crippen LogP contribution < -0.4 is 4.74 Å². The van der Waals surface area contributed by atoms with Gasteiger partial charge < -0.3 is 9.84 Å². The van der Waals surface area contributed by atoms with Crippen LogP contribution in [0.5, 0.6) is 11.5 Å². The highest BCUT2D eigenvalue weighted by molar-refractivity contribution is 5.85. The number of aliphatic carboxylic acids is 1. The molecule has 0 spiro atoms. The summed E-state index contributed by atoms with van der Waals surface area (Å²) in [5.41, 5.74) is 1.24. The number of ether oxygens (including phenoxy) is 1. The summed E-state index contributed by atoms with van der Waals surface area (Å²) in [6.45, 7) is 1.68. The van der Waals surface area contributed by atoms with Crippen molar-refractivity contribution in [2.24, 2.45) is 0 Å². The Bertz CT molecular complexity index is 663. The molecule has 1 N–H and O–H groups in total. The minimum absolute atomic E-state index is 0.329. The molecule has 3 nitrogen and oxygen atoms in total. The molecule has 0 aliphatic heterocycles. The van der Waals surface area contributed by atoms with E-state index in [1.54, 1.807) is 43.3 Å². The van der Waals surface area contributed by atoms with Gasteiger partial charge in [0.05, 0.1) is 0 Å². The Morgan fingerprint density at radius 2 is 1.95 bits per heavy atom. The first-order valence-corrected chi connectivity index (χ1v) is 6.00. The van der Waals surface area contributed by atoms with E-state index in [9.17, 15) is 9.18 Å². The second-order valence-corrected chi connectivity index (χ2v) is 4.26. The van der Waals surface area contributed by atoms with E-state index in [0.717, 1.165) is 6.08 Å². The summed E-state index contributed by atoms with van der Waals surface area (Å²) in [6.07, 6.45) is 2.51. The van der Waals surface area contributed by atoms with Gasteiger partial charge in [-0.3, -0.25) is 0 Å². The summed E-state index contributed by atoms with van der Waals surface area (Å²) in [7, 11) is 0. The van der Waals surface area contributed by atoms with Crippen LogP contribution >= 0.6 is 0 Å². The molecule has 0 bridgehead atoms. The number of carboxylic acids is 1. The van der Waals surface area contributed by atoms with E-state index >= 15 is 0 Å². The van der Waals surface area contributed by atoms with Crippen LogP contribution in [-0.2, 0) is 4.79 Å². The maximum atomic E-state index is 13.4. The van der Waals surface area contributed by atoms with Crippen molar-refractivity contribution in [3.63, 3.8) is 0 Å². The average molecular weight is 272 g/mol. The zero-order valence-corrected chi connectivity index (χ0v) is 10.8. The van der Waals surface area contributed by atoms with Gasteiger partial charge in [-0.25, -0.2) is 9.18 Å². The molecule has 0 fully saturated rings. The number of aryl methyl sites for hydroxylation is 1. The maximum Gasteiger partial charge on any atom is 0.328 e. The van der Waals surface area contributed by atoms with Gasteiger partial charge in [0.1, 0.15) is 17.3 Å². The zero-order valence-electron chi connectivity index (χ0n) is 10.8. The van der Waals surface area contributed by atoms with Crippen molar-refractivity contribution in [1.29, 1.82) is 0 Å². The summed E-state index contributed by atoms with van der Waals surface area (Å²) < 4.78 is 19.0. The maximum absolute atomic E-state index is 13.4. The van der Waals surface area contributed by atoms with E-state index < -0.39 is 5.97 Å². The lowest BCUT2D eigenvalue weighted by Crippen LogP contribution is -1.88. The first-order chi connectivity index (χ1) is 9.54. The Hall–Kier alpha value is -2.62. The molecule has 0 atom stereocenters. The molecule has 0 aliphatic rings. The van der Waals surface area contributed by atoms with E-state index in [2.05, 4.69) is 0 Å². The quantitative estimate of drug-likeness (QED) is 0.855. The van der Waals surface area contributed by atoms with E-state index in [4.69, 9.17) is 9.84 Å². The molecular weight excluding hydrogens is 259 g/mol. The summed E-state index contributed by atoms with van der Waals surface area (Å²) in [5, 5.41) is 8.58. The largest absolute Gasteiger partial charge is 0.478 e. The Morgan fingerprint density at radius 3 is 2.65 bits per heavy atom. The number of benzene rings is 2.